The minimum atomic E-state index is -0.343. The number of ether oxygens (including phenoxy) is 1. The van der Waals surface area contributed by atoms with E-state index in [1.165, 1.54) is 4.90 Å². The molecule has 0 spiro atoms. The molecule has 0 aliphatic carbocycles. The standard InChI is InChI=1S/C21H23N3O4/c1-23(14-15-7-4-3-5-8-15)21(27)22-16-9-10-17-18(13-16)20(26)24(19(17)25)11-6-12-28-2/h3-5,7-10,13H,6,11-12,14H2,1-2H3,(H,22,27). The Hall–Kier alpha value is -3.19. The maximum Gasteiger partial charge on any atom is 0.321 e. The summed E-state index contributed by atoms with van der Waals surface area (Å²) in [6.45, 7) is 1.24. The van der Waals surface area contributed by atoms with Crippen LogP contribution in [-0.2, 0) is 11.3 Å². The number of fused-ring (bicyclic) bond motifs is 1. The van der Waals surface area contributed by atoms with E-state index in [1.54, 1.807) is 37.3 Å². The van der Waals surface area contributed by atoms with Crippen LogP contribution >= 0.6 is 0 Å². The molecule has 0 bridgehead atoms. The second-order valence-electron chi connectivity index (χ2n) is 6.64. The highest BCUT2D eigenvalue weighted by atomic mass is 16.5. The number of carbonyl (C=O) groups is 3. The molecule has 1 aliphatic heterocycles. The molecule has 0 saturated carbocycles. The lowest BCUT2D eigenvalue weighted by Crippen LogP contribution is -2.31. The van der Waals surface area contributed by atoms with Gasteiger partial charge in [0, 0.05) is 39.5 Å². The number of benzene rings is 2. The molecule has 1 aliphatic rings. The van der Waals surface area contributed by atoms with Crippen LogP contribution in [0.4, 0.5) is 10.5 Å². The minimum absolute atomic E-state index is 0.294. The number of rotatable bonds is 7. The Kier molecular flexibility index (Phi) is 6.06. The highest BCUT2D eigenvalue weighted by Crippen LogP contribution is 2.26. The van der Waals surface area contributed by atoms with Gasteiger partial charge in [-0.25, -0.2) is 4.79 Å². The van der Waals surface area contributed by atoms with Crippen LogP contribution in [0.15, 0.2) is 48.5 Å². The third kappa shape index (κ3) is 4.20. The Labute approximate surface area is 163 Å². The van der Waals surface area contributed by atoms with E-state index in [2.05, 4.69) is 5.32 Å². The average molecular weight is 381 g/mol. The van der Waals surface area contributed by atoms with Crippen LogP contribution in [0.3, 0.4) is 0 Å². The molecule has 7 nitrogen and oxygen atoms in total. The van der Waals surface area contributed by atoms with E-state index in [4.69, 9.17) is 4.74 Å². The number of imide groups is 1. The number of carbonyl (C=O) groups excluding carboxylic acids is 3. The molecule has 1 heterocycles. The summed E-state index contributed by atoms with van der Waals surface area (Å²) in [5.41, 5.74) is 2.16. The van der Waals surface area contributed by atoms with E-state index in [0.717, 1.165) is 5.56 Å². The molecule has 0 aromatic heterocycles. The first-order chi connectivity index (χ1) is 13.5. The van der Waals surface area contributed by atoms with Gasteiger partial charge < -0.3 is 15.0 Å². The second kappa shape index (κ2) is 8.67. The number of amides is 4. The van der Waals surface area contributed by atoms with E-state index in [9.17, 15) is 14.4 Å². The van der Waals surface area contributed by atoms with Crippen LogP contribution in [0.1, 0.15) is 32.7 Å². The highest BCUT2D eigenvalue weighted by molar-refractivity contribution is 6.21. The first-order valence-electron chi connectivity index (χ1n) is 9.06. The van der Waals surface area contributed by atoms with Gasteiger partial charge in [0.05, 0.1) is 11.1 Å². The molecule has 0 fully saturated rings. The molecule has 146 valence electrons. The number of urea groups is 1. The first-order valence-corrected chi connectivity index (χ1v) is 9.06. The van der Waals surface area contributed by atoms with Crippen LogP contribution in [-0.4, -0.2) is 55.0 Å². The lowest BCUT2D eigenvalue weighted by Gasteiger charge is -2.18. The first kappa shape index (κ1) is 19.6. The highest BCUT2D eigenvalue weighted by Gasteiger charge is 2.35. The van der Waals surface area contributed by atoms with Gasteiger partial charge in [0.1, 0.15) is 0 Å². The summed E-state index contributed by atoms with van der Waals surface area (Å²) in [4.78, 5) is 40.2. The van der Waals surface area contributed by atoms with Crippen LogP contribution < -0.4 is 5.32 Å². The molecule has 4 amide bonds. The van der Waals surface area contributed by atoms with E-state index >= 15 is 0 Å². The van der Waals surface area contributed by atoms with Crippen molar-refractivity contribution < 1.29 is 19.1 Å². The molecule has 2 aromatic rings. The maximum atomic E-state index is 12.6. The molecule has 2 aromatic carbocycles. The number of nitrogens with zero attached hydrogens (tertiary/aromatic N) is 2. The number of hydrogen-bond donors (Lipinski definition) is 1. The van der Waals surface area contributed by atoms with Gasteiger partial charge in [0.25, 0.3) is 11.8 Å². The van der Waals surface area contributed by atoms with Crippen LogP contribution in [0, 0.1) is 0 Å². The van der Waals surface area contributed by atoms with Crippen LogP contribution in [0.5, 0.6) is 0 Å². The van der Waals surface area contributed by atoms with E-state index in [0.29, 0.717) is 42.9 Å². The topological polar surface area (TPSA) is 79.0 Å². The molecular weight excluding hydrogens is 358 g/mol. The van der Waals surface area contributed by atoms with Crippen molar-refractivity contribution in [3.63, 3.8) is 0 Å². The van der Waals surface area contributed by atoms with E-state index in [-0.39, 0.29) is 17.8 Å². The number of anilines is 1. The molecule has 0 atom stereocenters. The fourth-order valence-corrected chi connectivity index (χ4v) is 3.09. The van der Waals surface area contributed by atoms with Crippen molar-refractivity contribution in [2.75, 3.05) is 32.6 Å². The third-order valence-electron chi connectivity index (χ3n) is 4.56. The fraction of sp³-hybridized carbons (Fsp3) is 0.286. The molecule has 1 N–H and O–H groups in total. The summed E-state index contributed by atoms with van der Waals surface area (Å²) in [6, 6.07) is 14.1. The molecule has 0 saturated heterocycles. The monoisotopic (exact) mass is 381 g/mol. The summed E-state index contributed by atoms with van der Waals surface area (Å²) in [5, 5.41) is 2.78. The van der Waals surface area contributed by atoms with Crippen molar-refractivity contribution in [2.45, 2.75) is 13.0 Å². The Morgan fingerprint density at radius 1 is 1.07 bits per heavy atom. The van der Waals surface area contributed by atoms with Gasteiger partial charge in [-0.2, -0.15) is 0 Å². The summed E-state index contributed by atoms with van der Waals surface area (Å²) in [7, 11) is 3.27. The SMILES string of the molecule is COCCCN1C(=O)c2ccc(NC(=O)N(C)Cc3ccccc3)cc2C1=O. The fourth-order valence-electron chi connectivity index (χ4n) is 3.09. The van der Waals surface area contributed by atoms with Crippen molar-refractivity contribution in [2.24, 2.45) is 0 Å². The zero-order chi connectivity index (χ0) is 20.1. The van der Waals surface area contributed by atoms with E-state index in [1.807, 2.05) is 30.3 Å². The van der Waals surface area contributed by atoms with Gasteiger partial charge in [0.2, 0.25) is 0 Å². The van der Waals surface area contributed by atoms with Crippen LogP contribution in [0.2, 0.25) is 0 Å². The Balaban J connectivity index is 1.67. The average Bonchev–Trinajstić information content (AvgIpc) is 2.93. The van der Waals surface area contributed by atoms with Gasteiger partial charge >= 0.3 is 6.03 Å². The normalized spacial score (nSPS) is 12.9. The predicted molar refractivity (Wildman–Crippen MR) is 105 cm³/mol. The van der Waals surface area contributed by atoms with Crippen molar-refractivity contribution in [1.82, 2.24) is 9.80 Å². The Morgan fingerprint density at radius 2 is 1.79 bits per heavy atom. The third-order valence-corrected chi connectivity index (χ3v) is 4.56. The summed E-state index contributed by atoms with van der Waals surface area (Å²) in [6.07, 6.45) is 0.579. The minimum Gasteiger partial charge on any atom is -0.385 e. The maximum absolute atomic E-state index is 12.6. The van der Waals surface area contributed by atoms with Gasteiger partial charge in [-0.1, -0.05) is 30.3 Å². The molecule has 28 heavy (non-hydrogen) atoms. The van der Waals surface area contributed by atoms with Crippen LogP contribution in [0.25, 0.3) is 0 Å². The molecule has 0 unspecified atom stereocenters. The van der Waals surface area contributed by atoms with Gasteiger partial charge in [0.15, 0.2) is 0 Å². The number of methoxy groups -OCH3 is 1. The zero-order valence-electron chi connectivity index (χ0n) is 16.0. The summed E-state index contributed by atoms with van der Waals surface area (Å²) in [5.74, 6) is -0.653. The largest absolute Gasteiger partial charge is 0.385 e. The van der Waals surface area contributed by atoms with Gasteiger partial charge in [-0.3, -0.25) is 14.5 Å². The molecule has 3 rings (SSSR count). The van der Waals surface area contributed by atoms with Crippen molar-refractivity contribution in [3.05, 3.63) is 65.2 Å². The van der Waals surface area contributed by atoms with Gasteiger partial charge in [-0.15, -0.1) is 0 Å². The molecule has 0 radical (unpaired) electrons. The predicted octanol–water partition coefficient (Wildman–Crippen LogP) is 2.98. The van der Waals surface area contributed by atoms with E-state index < -0.39 is 0 Å². The van der Waals surface area contributed by atoms with Crippen molar-refractivity contribution in [1.29, 1.82) is 0 Å². The number of hydrogen-bond acceptors (Lipinski definition) is 4. The Bertz CT molecular complexity index is 882. The quantitative estimate of drug-likeness (QED) is 0.591. The second-order valence-corrected chi connectivity index (χ2v) is 6.64. The van der Waals surface area contributed by atoms with Crippen molar-refractivity contribution >= 4 is 23.5 Å². The summed E-state index contributed by atoms with van der Waals surface area (Å²) >= 11 is 0. The van der Waals surface area contributed by atoms with Crippen molar-refractivity contribution in [3.8, 4) is 0 Å². The summed E-state index contributed by atoms with van der Waals surface area (Å²) < 4.78 is 4.98. The zero-order valence-corrected chi connectivity index (χ0v) is 16.0. The Morgan fingerprint density at radius 3 is 2.50 bits per heavy atom. The lowest BCUT2D eigenvalue weighted by atomic mass is 10.1. The number of nitrogens with one attached hydrogen (secondary N) is 1. The lowest BCUT2D eigenvalue weighted by molar-refractivity contribution is 0.0638. The molecular formula is C21H23N3O4. The van der Waals surface area contributed by atoms with Gasteiger partial charge in [-0.05, 0) is 30.2 Å². The smallest absolute Gasteiger partial charge is 0.321 e. The molecule has 7 heteroatoms.